The molecule has 0 aromatic heterocycles. The largest absolute Gasteiger partial charge is 0.299 e. The van der Waals surface area contributed by atoms with Gasteiger partial charge >= 0.3 is 0 Å². The zero-order valence-electron chi connectivity index (χ0n) is 17.3. The van der Waals surface area contributed by atoms with Crippen molar-refractivity contribution in [3.8, 4) is 0 Å². The second-order valence-corrected chi connectivity index (χ2v) is 7.80. The van der Waals surface area contributed by atoms with Crippen LogP contribution in [0.1, 0.15) is 60.8 Å². The second-order valence-electron chi connectivity index (χ2n) is 7.80. The summed E-state index contributed by atoms with van der Waals surface area (Å²) in [6, 6.07) is 0. The number of carbonyl (C=O) groups excluding carboxylic acids is 1. The molecule has 0 saturated carbocycles. The van der Waals surface area contributed by atoms with Gasteiger partial charge in [-0.25, -0.2) is 0 Å². The number of rotatable bonds is 7. The summed E-state index contributed by atoms with van der Waals surface area (Å²) in [7, 11) is 0. The van der Waals surface area contributed by atoms with Crippen LogP contribution in [0.25, 0.3) is 0 Å². The van der Waals surface area contributed by atoms with Crippen LogP contribution in [0.3, 0.4) is 0 Å². The van der Waals surface area contributed by atoms with E-state index in [0.717, 1.165) is 11.9 Å². The van der Waals surface area contributed by atoms with Crippen molar-refractivity contribution >= 4 is 6.29 Å². The monoisotopic (exact) mass is 350 g/mol. The smallest absolute Gasteiger partial charge is 0.142 e. The van der Waals surface area contributed by atoms with Gasteiger partial charge in [0.2, 0.25) is 0 Å². The molecule has 0 heterocycles. The minimum absolute atomic E-state index is 0.285. The fourth-order valence-electron chi connectivity index (χ4n) is 3.64. The van der Waals surface area contributed by atoms with Gasteiger partial charge < -0.3 is 0 Å². The molecule has 0 amide bonds. The lowest BCUT2D eigenvalue weighted by atomic mass is 9.70. The van der Waals surface area contributed by atoms with Crippen molar-refractivity contribution in [1.29, 1.82) is 0 Å². The normalized spacial score (nSPS) is 20.0. The van der Waals surface area contributed by atoms with Gasteiger partial charge in [-0.05, 0) is 69.6 Å². The van der Waals surface area contributed by atoms with Gasteiger partial charge in [0.25, 0.3) is 0 Å². The minimum atomic E-state index is 0.285. The van der Waals surface area contributed by atoms with E-state index in [1.54, 1.807) is 17.2 Å². The summed E-state index contributed by atoms with van der Waals surface area (Å²) in [6.45, 7) is 13.3. The molecule has 0 aliphatic heterocycles. The predicted molar refractivity (Wildman–Crippen MR) is 115 cm³/mol. The standard InChI is InChI=1S/C25H34O/c1-20(12-7-8-13-21(2)15-11-19-26)14-9-16-22(3)24-23(4)17-10-18-25(24,5)6/h7-9,11-16,19H,10,17-18H2,1-6H3/b8-7+,14-9+,15-11+,20-12+,21-13+,22-16+. The first kappa shape index (κ1) is 21.9. The van der Waals surface area contributed by atoms with Crippen molar-refractivity contribution in [2.45, 2.75) is 60.8 Å². The summed E-state index contributed by atoms with van der Waals surface area (Å²) in [5.41, 5.74) is 7.00. The summed E-state index contributed by atoms with van der Waals surface area (Å²) in [5.74, 6) is 0. The van der Waals surface area contributed by atoms with Gasteiger partial charge in [-0.15, -0.1) is 0 Å². The molecule has 0 radical (unpaired) electrons. The van der Waals surface area contributed by atoms with E-state index in [4.69, 9.17) is 0 Å². The Balaban J connectivity index is 2.76. The average Bonchev–Trinajstić information content (AvgIpc) is 2.56. The number of aldehydes is 1. The van der Waals surface area contributed by atoms with Crippen molar-refractivity contribution in [2.24, 2.45) is 5.41 Å². The molecule has 0 N–H and O–H groups in total. The molecule has 0 spiro atoms. The van der Waals surface area contributed by atoms with Crippen LogP contribution >= 0.6 is 0 Å². The molecule has 1 rings (SSSR count). The van der Waals surface area contributed by atoms with Crippen molar-refractivity contribution < 1.29 is 4.79 Å². The first-order valence-electron chi connectivity index (χ1n) is 9.47. The molecule has 0 saturated heterocycles. The third-order valence-electron chi connectivity index (χ3n) is 4.82. The summed E-state index contributed by atoms with van der Waals surface area (Å²) in [4.78, 5) is 10.3. The highest BCUT2D eigenvalue weighted by atomic mass is 16.1. The van der Waals surface area contributed by atoms with Crippen LogP contribution in [0.2, 0.25) is 0 Å². The Labute approximate surface area is 160 Å². The molecule has 1 heteroatoms. The molecule has 1 nitrogen and oxygen atoms in total. The van der Waals surface area contributed by atoms with Crippen LogP contribution in [0.5, 0.6) is 0 Å². The van der Waals surface area contributed by atoms with Crippen LogP contribution in [-0.4, -0.2) is 6.29 Å². The van der Waals surface area contributed by atoms with E-state index in [9.17, 15) is 4.79 Å². The lowest BCUT2D eigenvalue weighted by molar-refractivity contribution is -0.104. The Bertz CT molecular complexity index is 700. The molecule has 0 unspecified atom stereocenters. The molecule has 0 aromatic carbocycles. The SMILES string of the molecule is CC1=C(/C(C)=C/C=C/C(C)=C/C=C/C=C(C)/C=C/C=O)C(C)(C)CCC1. The van der Waals surface area contributed by atoms with E-state index in [1.165, 1.54) is 36.5 Å². The van der Waals surface area contributed by atoms with Crippen LogP contribution < -0.4 is 0 Å². The maximum Gasteiger partial charge on any atom is 0.142 e. The van der Waals surface area contributed by atoms with Crippen molar-refractivity contribution in [3.63, 3.8) is 0 Å². The summed E-state index contributed by atoms with van der Waals surface area (Å²) in [6.07, 6.45) is 22.5. The average molecular weight is 351 g/mol. The second kappa shape index (κ2) is 10.8. The first-order chi connectivity index (χ1) is 12.3. The molecule has 0 bridgehead atoms. The lowest BCUT2D eigenvalue weighted by Crippen LogP contribution is -2.21. The Morgan fingerprint density at radius 2 is 1.46 bits per heavy atom. The zero-order chi connectivity index (χ0) is 19.6. The quantitative estimate of drug-likeness (QED) is 0.269. The number of hydrogen-bond donors (Lipinski definition) is 0. The van der Waals surface area contributed by atoms with E-state index in [2.05, 4.69) is 58.9 Å². The molecule has 0 fully saturated rings. The Hall–Kier alpha value is -2.15. The Kier molecular flexibility index (Phi) is 9.05. The fourth-order valence-corrected chi connectivity index (χ4v) is 3.64. The van der Waals surface area contributed by atoms with Gasteiger partial charge in [-0.3, -0.25) is 4.79 Å². The van der Waals surface area contributed by atoms with Crippen LogP contribution in [0.4, 0.5) is 0 Å². The van der Waals surface area contributed by atoms with E-state index in [1.807, 2.05) is 25.2 Å². The molecule has 0 atom stereocenters. The number of allylic oxidation sites excluding steroid dienone is 14. The third-order valence-corrected chi connectivity index (χ3v) is 4.82. The predicted octanol–water partition coefficient (Wildman–Crippen LogP) is 7.22. The zero-order valence-corrected chi connectivity index (χ0v) is 17.3. The molecule has 26 heavy (non-hydrogen) atoms. The Morgan fingerprint density at radius 3 is 2.00 bits per heavy atom. The van der Waals surface area contributed by atoms with E-state index >= 15 is 0 Å². The lowest BCUT2D eigenvalue weighted by Gasteiger charge is -2.35. The summed E-state index contributed by atoms with van der Waals surface area (Å²) < 4.78 is 0. The van der Waals surface area contributed by atoms with Gasteiger partial charge in [0.1, 0.15) is 6.29 Å². The first-order valence-corrected chi connectivity index (χ1v) is 9.47. The van der Waals surface area contributed by atoms with Crippen molar-refractivity contribution in [2.75, 3.05) is 0 Å². The molecule has 1 aliphatic carbocycles. The Morgan fingerprint density at radius 1 is 0.885 bits per heavy atom. The number of hydrogen-bond acceptors (Lipinski definition) is 1. The third kappa shape index (κ3) is 7.39. The maximum atomic E-state index is 10.3. The minimum Gasteiger partial charge on any atom is -0.299 e. The van der Waals surface area contributed by atoms with Gasteiger partial charge in [0.05, 0.1) is 0 Å². The van der Waals surface area contributed by atoms with Gasteiger partial charge in [-0.2, -0.15) is 0 Å². The highest BCUT2D eigenvalue weighted by Gasteiger charge is 2.28. The summed E-state index contributed by atoms with van der Waals surface area (Å²) >= 11 is 0. The van der Waals surface area contributed by atoms with Gasteiger partial charge in [0, 0.05) is 0 Å². The molecule has 1 aliphatic rings. The van der Waals surface area contributed by atoms with E-state index in [0.29, 0.717) is 0 Å². The molecular weight excluding hydrogens is 316 g/mol. The van der Waals surface area contributed by atoms with Gasteiger partial charge in [0.15, 0.2) is 0 Å². The molecular formula is C25H34O. The highest BCUT2D eigenvalue weighted by Crippen LogP contribution is 2.43. The number of carbonyl (C=O) groups is 1. The fraction of sp³-hybridized carbons (Fsp3) is 0.400. The van der Waals surface area contributed by atoms with Crippen LogP contribution in [-0.2, 0) is 4.79 Å². The highest BCUT2D eigenvalue weighted by molar-refractivity contribution is 5.65. The van der Waals surface area contributed by atoms with Crippen LogP contribution in [0.15, 0.2) is 82.5 Å². The van der Waals surface area contributed by atoms with Crippen LogP contribution in [0, 0.1) is 5.41 Å². The molecule has 0 aromatic rings. The van der Waals surface area contributed by atoms with Crippen molar-refractivity contribution in [3.05, 3.63) is 82.5 Å². The van der Waals surface area contributed by atoms with Gasteiger partial charge in [-0.1, -0.05) is 79.2 Å². The molecule has 140 valence electrons. The summed E-state index contributed by atoms with van der Waals surface area (Å²) in [5, 5.41) is 0. The van der Waals surface area contributed by atoms with E-state index < -0.39 is 0 Å². The van der Waals surface area contributed by atoms with E-state index in [-0.39, 0.29) is 5.41 Å². The topological polar surface area (TPSA) is 17.1 Å². The van der Waals surface area contributed by atoms with Crippen molar-refractivity contribution in [1.82, 2.24) is 0 Å². The maximum absolute atomic E-state index is 10.3.